The smallest absolute Gasteiger partial charge is 0.305 e. The third kappa shape index (κ3) is 6.32. The van der Waals surface area contributed by atoms with Gasteiger partial charge in [-0.2, -0.15) is 0 Å². The predicted molar refractivity (Wildman–Crippen MR) is 129 cm³/mol. The van der Waals surface area contributed by atoms with Crippen LogP contribution in [0.15, 0.2) is 36.5 Å². The summed E-state index contributed by atoms with van der Waals surface area (Å²) in [6.45, 7) is 3.12. The highest BCUT2D eigenvalue weighted by atomic mass is 16.4. The van der Waals surface area contributed by atoms with Crippen molar-refractivity contribution in [2.24, 2.45) is 11.8 Å². The molecule has 2 atom stereocenters. The number of carboxylic acids is 1. The van der Waals surface area contributed by atoms with Gasteiger partial charge in [0, 0.05) is 31.1 Å². The first-order valence-electron chi connectivity index (χ1n) is 12.3. The number of nitrogens with zero attached hydrogens (tertiary/aromatic N) is 2. The molecule has 8 nitrogen and oxygen atoms in total. The van der Waals surface area contributed by atoms with E-state index in [1.807, 2.05) is 35.2 Å². The largest absolute Gasteiger partial charge is 0.481 e. The van der Waals surface area contributed by atoms with E-state index in [0.717, 1.165) is 49.7 Å². The summed E-state index contributed by atoms with van der Waals surface area (Å²) in [6, 6.07) is 8.81. The molecule has 3 heterocycles. The maximum Gasteiger partial charge on any atom is 0.305 e. The number of aliphatic carboxylic acids is 1. The van der Waals surface area contributed by atoms with Crippen LogP contribution in [0.1, 0.15) is 56.6 Å². The molecule has 0 saturated carbocycles. The van der Waals surface area contributed by atoms with E-state index in [0.29, 0.717) is 37.4 Å². The van der Waals surface area contributed by atoms with Crippen LogP contribution < -0.4 is 10.6 Å². The number of rotatable bonds is 8. The predicted octanol–water partition coefficient (Wildman–Crippen LogP) is 2.89. The Kier molecular flexibility index (Phi) is 8.11. The third-order valence-corrected chi connectivity index (χ3v) is 7.08. The molecule has 0 unspecified atom stereocenters. The molecule has 0 radical (unpaired) electrons. The minimum absolute atomic E-state index is 0.122. The lowest BCUT2D eigenvalue weighted by molar-refractivity contribution is -0.138. The van der Waals surface area contributed by atoms with Crippen molar-refractivity contribution in [3.8, 4) is 0 Å². The van der Waals surface area contributed by atoms with E-state index in [1.54, 1.807) is 6.20 Å². The van der Waals surface area contributed by atoms with Crippen LogP contribution >= 0.6 is 0 Å². The van der Waals surface area contributed by atoms with Crippen LogP contribution in [0.2, 0.25) is 0 Å². The van der Waals surface area contributed by atoms with Gasteiger partial charge < -0.3 is 20.6 Å². The maximum absolute atomic E-state index is 13.1. The van der Waals surface area contributed by atoms with Crippen LogP contribution in [-0.4, -0.2) is 59.0 Å². The fourth-order valence-corrected chi connectivity index (χ4v) is 5.07. The Balaban J connectivity index is 1.37. The van der Waals surface area contributed by atoms with Crippen molar-refractivity contribution in [3.05, 3.63) is 42.1 Å². The number of piperidine rings is 2. The van der Waals surface area contributed by atoms with Gasteiger partial charge in [0.25, 0.3) is 0 Å². The number of benzene rings is 1. The van der Waals surface area contributed by atoms with Crippen molar-refractivity contribution in [3.63, 3.8) is 0 Å². The number of aromatic nitrogens is 1. The monoisotopic (exact) mass is 466 g/mol. The summed E-state index contributed by atoms with van der Waals surface area (Å²) >= 11 is 0. The Hall–Kier alpha value is -3.00. The summed E-state index contributed by atoms with van der Waals surface area (Å²) in [6.07, 6.45) is 6.55. The van der Waals surface area contributed by atoms with Gasteiger partial charge >= 0.3 is 5.97 Å². The summed E-state index contributed by atoms with van der Waals surface area (Å²) in [4.78, 5) is 43.7. The van der Waals surface area contributed by atoms with Crippen molar-refractivity contribution in [1.29, 1.82) is 0 Å². The van der Waals surface area contributed by atoms with Gasteiger partial charge in [0.2, 0.25) is 11.8 Å². The van der Waals surface area contributed by atoms with E-state index < -0.39 is 12.0 Å². The van der Waals surface area contributed by atoms with E-state index in [2.05, 4.69) is 15.6 Å². The van der Waals surface area contributed by atoms with Gasteiger partial charge in [-0.15, -0.1) is 0 Å². The van der Waals surface area contributed by atoms with E-state index >= 15 is 0 Å². The van der Waals surface area contributed by atoms with Crippen LogP contribution in [0.3, 0.4) is 0 Å². The molecule has 0 aliphatic carbocycles. The fraction of sp³-hybridized carbons (Fsp3) is 0.538. The number of likely N-dealkylation sites (tertiary alicyclic amines) is 1. The van der Waals surface area contributed by atoms with Gasteiger partial charge in [-0.05, 0) is 68.8 Å². The number of fused-ring (bicyclic) bond motifs is 1. The second-order valence-electron chi connectivity index (χ2n) is 9.53. The third-order valence-electron chi connectivity index (χ3n) is 7.08. The van der Waals surface area contributed by atoms with Crippen LogP contribution in [0.5, 0.6) is 0 Å². The van der Waals surface area contributed by atoms with Crippen molar-refractivity contribution in [1.82, 2.24) is 20.5 Å². The number of carboxylic acid groups (broad SMARTS) is 1. The van der Waals surface area contributed by atoms with E-state index in [1.165, 1.54) is 0 Å². The highest BCUT2D eigenvalue weighted by Crippen LogP contribution is 2.24. The minimum Gasteiger partial charge on any atom is -0.481 e. The Bertz CT molecular complexity index is 1020. The lowest BCUT2D eigenvalue weighted by Crippen LogP contribution is -2.46. The summed E-state index contributed by atoms with van der Waals surface area (Å²) in [5.41, 5.74) is 1.48. The van der Waals surface area contributed by atoms with Crippen LogP contribution in [0.25, 0.3) is 10.9 Å². The average molecular weight is 467 g/mol. The van der Waals surface area contributed by atoms with E-state index in [4.69, 9.17) is 0 Å². The zero-order chi connectivity index (χ0) is 23.9. The molecule has 2 aliphatic rings. The van der Waals surface area contributed by atoms with Crippen LogP contribution in [-0.2, 0) is 14.4 Å². The Labute approximate surface area is 200 Å². The van der Waals surface area contributed by atoms with E-state index in [-0.39, 0.29) is 24.2 Å². The number of amides is 2. The van der Waals surface area contributed by atoms with Gasteiger partial charge in [0.1, 0.15) is 0 Å². The number of carbonyl (C=O) groups excluding carboxylic acids is 2. The summed E-state index contributed by atoms with van der Waals surface area (Å²) in [5, 5.41) is 16.6. The molecule has 3 N–H and O–H groups in total. The normalized spacial score (nSPS) is 20.1. The second kappa shape index (κ2) is 11.4. The molecule has 8 heteroatoms. The van der Waals surface area contributed by atoms with Crippen molar-refractivity contribution in [2.75, 3.05) is 26.2 Å². The molecular formula is C26H34N4O4. The molecular weight excluding hydrogens is 432 g/mol. The van der Waals surface area contributed by atoms with Crippen molar-refractivity contribution in [2.45, 2.75) is 51.0 Å². The standard InChI is InChI=1S/C26H34N4O4/c31-24(8-7-18-9-11-27-12-10-18)30-13-3-5-20(17-30)26(34)29-23(15-25(32)33)21-14-19-4-1-2-6-22(19)28-16-21/h1-2,4,6,14,16,18,20,23,27H,3,5,7-13,15,17H2,(H,29,34)(H,32,33)/t20-,23+/m1/s1. The lowest BCUT2D eigenvalue weighted by atomic mass is 9.92. The quantitative estimate of drug-likeness (QED) is 0.552. The first-order chi connectivity index (χ1) is 16.5. The highest BCUT2D eigenvalue weighted by Gasteiger charge is 2.30. The van der Waals surface area contributed by atoms with Crippen molar-refractivity contribution < 1.29 is 19.5 Å². The fourth-order valence-electron chi connectivity index (χ4n) is 5.07. The topological polar surface area (TPSA) is 112 Å². The minimum atomic E-state index is -0.989. The first kappa shape index (κ1) is 24.1. The molecule has 2 fully saturated rings. The number of para-hydroxylation sites is 1. The molecule has 2 aromatic rings. The summed E-state index contributed by atoms with van der Waals surface area (Å²) in [5.74, 6) is -0.799. The van der Waals surface area contributed by atoms with E-state index in [9.17, 15) is 19.5 Å². The molecule has 182 valence electrons. The first-order valence-corrected chi connectivity index (χ1v) is 12.3. The molecule has 4 rings (SSSR count). The van der Waals surface area contributed by atoms with Gasteiger partial charge in [0.05, 0.1) is 23.9 Å². The molecule has 2 saturated heterocycles. The molecule has 0 bridgehead atoms. The Morgan fingerprint density at radius 1 is 1.18 bits per heavy atom. The molecule has 34 heavy (non-hydrogen) atoms. The molecule has 1 aromatic heterocycles. The zero-order valence-corrected chi connectivity index (χ0v) is 19.5. The summed E-state index contributed by atoms with van der Waals surface area (Å²) in [7, 11) is 0. The number of hydrogen-bond acceptors (Lipinski definition) is 5. The Morgan fingerprint density at radius 3 is 2.76 bits per heavy atom. The zero-order valence-electron chi connectivity index (χ0n) is 19.5. The molecule has 0 spiro atoms. The van der Waals surface area contributed by atoms with Crippen LogP contribution in [0, 0.1) is 11.8 Å². The Morgan fingerprint density at radius 2 is 1.97 bits per heavy atom. The molecule has 2 aliphatic heterocycles. The number of hydrogen-bond donors (Lipinski definition) is 3. The highest BCUT2D eigenvalue weighted by molar-refractivity contribution is 5.83. The maximum atomic E-state index is 13.1. The second-order valence-corrected chi connectivity index (χ2v) is 9.53. The average Bonchev–Trinajstić information content (AvgIpc) is 2.87. The van der Waals surface area contributed by atoms with Gasteiger partial charge in [0.15, 0.2) is 0 Å². The lowest BCUT2D eigenvalue weighted by Gasteiger charge is -2.33. The number of pyridine rings is 1. The number of nitrogens with one attached hydrogen (secondary N) is 2. The van der Waals surface area contributed by atoms with Gasteiger partial charge in [-0.25, -0.2) is 0 Å². The molecule has 1 aromatic carbocycles. The van der Waals surface area contributed by atoms with Crippen LogP contribution in [0.4, 0.5) is 0 Å². The van der Waals surface area contributed by atoms with Crippen molar-refractivity contribution >= 4 is 28.7 Å². The molecule has 2 amide bonds. The van der Waals surface area contributed by atoms with Gasteiger partial charge in [-0.1, -0.05) is 18.2 Å². The summed E-state index contributed by atoms with van der Waals surface area (Å²) < 4.78 is 0. The SMILES string of the molecule is O=C(O)C[C@H](NC(=O)[C@@H]1CCCN(C(=O)CCC2CCNCC2)C1)c1cnc2ccccc2c1. The van der Waals surface area contributed by atoms with Gasteiger partial charge in [-0.3, -0.25) is 19.4 Å². The number of carbonyl (C=O) groups is 3.